The summed E-state index contributed by atoms with van der Waals surface area (Å²) in [6.45, 7) is 2.33. The van der Waals surface area contributed by atoms with Crippen LogP contribution in [0.15, 0.2) is 186 Å². The Bertz CT molecular complexity index is 2630. The van der Waals surface area contributed by atoms with Crippen molar-refractivity contribution in [3.05, 3.63) is 187 Å². The zero-order valence-corrected chi connectivity index (χ0v) is 30.6. The molecular weight excluding hydrogens is 679 g/mol. The molecule has 7 aromatic carbocycles. The largest absolute Gasteiger partial charge is 0.508 e. The standard InChI is InChI=1S/C49H37N3OS/c1-33-10-9-13-42-43-32-35(20-31-44(43)52(49(33)42)36-11-3-2-4-12-36)34-18-21-37(22-19-34)50(39-27-29-41(53)30-28-39)38-23-25-40(26-24-38)51-45-14-5-7-16-47(45)54-48-17-8-6-15-46(48)51/h2-9,11-33,53H,10H2,1H3. The van der Waals surface area contributed by atoms with Crippen molar-refractivity contribution in [2.24, 2.45) is 0 Å². The second-order valence-electron chi connectivity index (χ2n) is 14.0. The first kappa shape index (κ1) is 32.2. The Hall–Kier alpha value is -6.43. The van der Waals surface area contributed by atoms with Crippen LogP contribution >= 0.6 is 11.8 Å². The number of phenolic OH excluding ortho intramolecular Hbond substituents is 1. The number of aromatic nitrogens is 1. The highest BCUT2D eigenvalue weighted by Crippen LogP contribution is 2.51. The molecule has 54 heavy (non-hydrogen) atoms. The van der Waals surface area contributed by atoms with Gasteiger partial charge in [0.15, 0.2) is 0 Å². The second kappa shape index (κ2) is 13.2. The molecule has 1 aliphatic heterocycles. The summed E-state index contributed by atoms with van der Waals surface area (Å²) in [6, 6.07) is 59.9. The highest BCUT2D eigenvalue weighted by molar-refractivity contribution is 7.99. The van der Waals surface area contributed by atoms with E-state index in [2.05, 4.69) is 179 Å². The Balaban J connectivity index is 1.02. The molecule has 0 radical (unpaired) electrons. The predicted molar refractivity (Wildman–Crippen MR) is 226 cm³/mol. The van der Waals surface area contributed by atoms with E-state index in [1.165, 1.54) is 54.6 Å². The zero-order valence-electron chi connectivity index (χ0n) is 29.8. The van der Waals surface area contributed by atoms with E-state index in [1.807, 2.05) is 23.9 Å². The number of nitrogens with zero attached hydrogens (tertiary/aromatic N) is 3. The summed E-state index contributed by atoms with van der Waals surface area (Å²) in [5.74, 6) is 0.679. The molecular formula is C49H37N3OS. The smallest absolute Gasteiger partial charge is 0.115 e. The quantitative estimate of drug-likeness (QED) is 0.186. The number of hydrogen-bond acceptors (Lipinski definition) is 4. The average molecular weight is 716 g/mol. The number of rotatable bonds is 6. The van der Waals surface area contributed by atoms with Crippen LogP contribution in [0.2, 0.25) is 0 Å². The van der Waals surface area contributed by atoms with Gasteiger partial charge < -0.3 is 19.5 Å². The van der Waals surface area contributed by atoms with E-state index in [-0.39, 0.29) is 5.75 Å². The molecule has 1 unspecified atom stereocenters. The molecule has 0 amide bonds. The van der Waals surface area contributed by atoms with Crippen LogP contribution in [-0.2, 0) is 0 Å². The summed E-state index contributed by atoms with van der Waals surface area (Å²) < 4.78 is 2.45. The summed E-state index contributed by atoms with van der Waals surface area (Å²) in [5, 5.41) is 11.5. The number of hydrogen-bond donors (Lipinski definition) is 1. The molecule has 1 N–H and O–H groups in total. The molecule has 2 heterocycles. The lowest BCUT2D eigenvalue weighted by Gasteiger charge is -2.33. The van der Waals surface area contributed by atoms with Crippen LogP contribution in [0, 0.1) is 0 Å². The fraction of sp³-hybridized carbons (Fsp3) is 0.0612. The van der Waals surface area contributed by atoms with Crippen LogP contribution < -0.4 is 9.80 Å². The van der Waals surface area contributed by atoms with E-state index in [9.17, 15) is 5.11 Å². The Morgan fingerprint density at radius 2 is 1.17 bits per heavy atom. The van der Waals surface area contributed by atoms with Crippen molar-refractivity contribution >= 4 is 62.9 Å². The summed E-state index contributed by atoms with van der Waals surface area (Å²) in [7, 11) is 0. The van der Waals surface area contributed by atoms with Gasteiger partial charge in [-0.05, 0) is 127 Å². The van der Waals surface area contributed by atoms with Crippen molar-refractivity contribution < 1.29 is 5.11 Å². The van der Waals surface area contributed by atoms with Gasteiger partial charge in [0.1, 0.15) is 5.75 Å². The molecule has 1 atom stereocenters. The van der Waals surface area contributed by atoms with Crippen molar-refractivity contribution in [2.45, 2.75) is 29.1 Å². The Morgan fingerprint density at radius 3 is 1.83 bits per heavy atom. The van der Waals surface area contributed by atoms with Crippen molar-refractivity contribution in [3.63, 3.8) is 0 Å². The van der Waals surface area contributed by atoms with Crippen molar-refractivity contribution in [1.29, 1.82) is 0 Å². The van der Waals surface area contributed by atoms with Crippen LogP contribution in [0.3, 0.4) is 0 Å². The first-order valence-electron chi connectivity index (χ1n) is 18.5. The third-order valence-electron chi connectivity index (χ3n) is 10.7. The minimum atomic E-state index is 0.243. The summed E-state index contributed by atoms with van der Waals surface area (Å²) in [5.41, 5.74) is 14.0. The third-order valence-corrected chi connectivity index (χ3v) is 11.8. The molecule has 0 fully saturated rings. The molecule has 0 spiro atoms. The predicted octanol–water partition coefficient (Wildman–Crippen LogP) is 13.9. The molecule has 2 aliphatic rings. The summed E-state index contributed by atoms with van der Waals surface area (Å²) >= 11 is 1.82. The molecule has 0 bridgehead atoms. The summed E-state index contributed by atoms with van der Waals surface area (Å²) in [6.07, 6.45) is 5.67. The molecule has 8 aromatic rings. The van der Waals surface area contributed by atoms with E-state index in [0.29, 0.717) is 5.92 Å². The topological polar surface area (TPSA) is 31.6 Å². The molecule has 10 rings (SSSR count). The van der Waals surface area contributed by atoms with E-state index in [1.54, 1.807) is 12.1 Å². The minimum Gasteiger partial charge on any atom is -0.508 e. The van der Waals surface area contributed by atoms with Gasteiger partial charge in [-0.15, -0.1) is 0 Å². The van der Waals surface area contributed by atoms with Crippen LogP contribution in [0.5, 0.6) is 5.75 Å². The van der Waals surface area contributed by atoms with E-state index in [4.69, 9.17) is 0 Å². The van der Waals surface area contributed by atoms with Gasteiger partial charge in [0, 0.05) is 60.8 Å². The van der Waals surface area contributed by atoms with Crippen LogP contribution in [0.25, 0.3) is 33.8 Å². The first-order valence-corrected chi connectivity index (χ1v) is 19.3. The molecule has 1 aliphatic carbocycles. The van der Waals surface area contributed by atoms with Gasteiger partial charge in [0.2, 0.25) is 0 Å². The Labute approximate surface area is 319 Å². The molecule has 0 saturated carbocycles. The highest BCUT2D eigenvalue weighted by atomic mass is 32.2. The van der Waals surface area contributed by atoms with Crippen molar-refractivity contribution in [3.8, 4) is 22.6 Å². The number of phenols is 1. The van der Waals surface area contributed by atoms with Crippen molar-refractivity contribution in [2.75, 3.05) is 9.80 Å². The fourth-order valence-corrected chi connectivity index (χ4v) is 9.18. The fourth-order valence-electron chi connectivity index (χ4n) is 8.12. The lowest BCUT2D eigenvalue weighted by atomic mass is 9.92. The molecule has 260 valence electrons. The number of para-hydroxylation sites is 3. The van der Waals surface area contributed by atoms with Crippen molar-refractivity contribution in [1.82, 2.24) is 4.57 Å². The van der Waals surface area contributed by atoms with Gasteiger partial charge in [-0.3, -0.25) is 0 Å². The van der Waals surface area contributed by atoms with Gasteiger partial charge >= 0.3 is 0 Å². The van der Waals surface area contributed by atoms with Gasteiger partial charge in [-0.25, -0.2) is 0 Å². The normalized spacial score (nSPS) is 14.4. The van der Waals surface area contributed by atoms with E-state index < -0.39 is 0 Å². The first-order chi connectivity index (χ1) is 26.6. The van der Waals surface area contributed by atoms with E-state index >= 15 is 0 Å². The van der Waals surface area contributed by atoms with E-state index in [0.717, 1.165) is 34.7 Å². The zero-order chi connectivity index (χ0) is 36.2. The number of anilines is 6. The van der Waals surface area contributed by atoms with Crippen LogP contribution in [0.1, 0.15) is 30.5 Å². The lowest BCUT2D eigenvalue weighted by Crippen LogP contribution is -2.15. The monoisotopic (exact) mass is 715 g/mol. The van der Waals surface area contributed by atoms with Gasteiger partial charge in [-0.2, -0.15) is 0 Å². The Morgan fingerprint density at radius 1 is 0.593 bits per heavy atom. The van der Waals surface area contributed by atoms with Gasteiger partial charge in [0.05, 0.1) is 16.9 Å². The SMILES string of the molecule is CC1CC=Cc2c1n(-c1ccccc1)c1ccc(-c3ccc(N(c4ccc(O)cc4)c4ccc(N5c6ccccc6Sc6ccccc65)cc4)cc3)cc21. The minimum absolute atomic E-state index is 0.243. The number of allylic oxidation sites excluding steroid dienone is 1. The molecule has 1 aromatic heterocycles. The third kappa shape index (κ3) is 5.48. The number of benzene rings is 7. The number of aromatic hydroxyl groups is 1. The lowest BCUT2D eigenvalue weighted by molar-refractivity contribution is 0.475. The summed E-state index contributed by atoms with van der Waals surface area (Å²) in [4.78, 5) is 7.07. The average Bonchev–Trinajstić information content (AvgIpc) is 3.56. The van der Waals surface area contributed by atoms with Gasteiger partial charge in [0.25, 0.3) is 0 Å². The maximum Gasteiger partial charge on any atom is 0.115 e. The maximum atomic E-state index is 10.2. The van der Waals surface area contributed by atoms with Gasteiger partial charge in [-0.1, -0.05) is 91.5 Å². The Kier molecular flexibility index (Phi) is 7.88. The molecule has 0 saturated heterocycles. The second-order valence-corrected chi connectivity index (χ2v) is 15.1. The molecule has 5 heteroatoms. The highest BCUT2D eigenvalue weighted by Gasteiger charge is 2.26. The van der Waals surface area contributed by atoms with Crippen LogP contribution in [0.4, 0.5) is 34.1 Å². The number of fused-ring (bicyclic) bond motifs is 5. The van der Waals surface area contributed by atoms with Crippen LogP contribution in [-0.4, -0.2) is 9.67 Å². The maximum absolute atomic E-state index is 10.2. The molecule has 4 nitrogen and oxygen atoms in total.